The number of thiazole rings is 1. The van der Waals surface area contributed by atoms with Crippen LogP contribution in [0.25, 0.3) is 10.2 Å². The number of benzene rings is 2. The fraction of sp³-hybridized carbons (Fsp3) is 0.211. The minimum atomic E-state index is -0.190. The lowest BCUT2D eigenvalue weighted by Crippen LogP contribution is -2.27. The minimum Gasteiger partial charge on any atom is -0.482 e. The molecule has 7 heteroatoms. The van der Waals surface area contributed by atoms with E-state index in [-0.39, 0.29) is 18.4 Å². The van der Waals surface area contributed by atoms with E-state index in [1.807, 2.05) is 18.2 Å². The van der Waals surface area contributed by atoms with Gasteiger partial charge in [-0.1, -0.05) is 12.1 Å². The van der Waals surface area contributed by atoms with Crippen molar-refractivity contribution in [2.75, 3.05) is 18.5 Å². The number of anilines is 1. The van der Waals surface area contributed by atoms with Crippen LogP contribution in [0.1, 0.15) is 21.8 Å². The molecule has 0 fully saturated rings. The van der Waals surface area contributed by atoms with Gasteiger partial charge < -0.3 is 15.4 Å². The Morgan fingerprint density at radius 2 is 2.15 bits per heavy atom. The van der Waals surface area contributed by atoms with Gasteiger partial charge in [0.05, 0.1) is 20.9 Å². The standard InChI is InChI=1S/C19H17N3O3S/c23-17-11-25-15-10-12(7-8-13(15)21-17)19(24)20-9-3-6-18-22-14-4-1-2-5-16(14)26-18/h1-2,4-5,7-8,10H,3,6,9,11H2,(H,20,24)(H,21,23). The van der Waals surface area contributed by atoms with Crippen molar-refractivity contribution in [2.24, 2.45) is 0 Å². The van der Waals surface area contributed by atoms with Crippen LogP contribution in [0.3, 0.4) is 0 Å². The van der Waals surface area contributed by atoms with Gasteiger partial charge in [-0.25, -0.2) is 4.98 Å². The van der Waals surface area contributed by atoms with Crippen LogP contribution in [-0.2, 0) is 11.2 Å². The summed E-state index contributed by atoms with van der Waals surface area (Å²) < 4.78 is 6.53. The van der Waals surface area contributed by atoms with Gasteiger partial charge in [0.25, 0.3) is 11.8 Å². The van der Waals surface area contributed by atoms with Crippen LogP contribution in [0, 0.1) is 0 Å². The third kappa shape index (κ3) is 3.52. The Balaban J connectivity index is 1.30. The zero-order valence-electron chi connectivity index (χ0n) is 14.0. The van der Waals surface area contributed by atoms with E-state index >= 15 is 0 Å². The second-order valence-electron chi connectivity index (χ2n) is 5.98. The summed E-state index contributed by atoms with van der Waals surface area (Å²) in [6.07, 6.45) is 1.65. The van der Waals surface area contributed by atoms with Crippen LogP contribution in [0.5, 0.6) is 5.75 Å². The second-order valence-corrected chi connectivity index (χ2v) is 7.10. The molecule has 2 aromatic carbocycles. The molecule has 1 aromatic heterocycles. The Bertz CT molecular complexity index is 950. The number of hydrogen-bond donors (Lipinski definition) is 2. The number of hydrogen-bond acceptors (Lipinski definition) is 5. The number of ether oxygens (including phenoxy) is 1. The molecule has 2 amide bonds. The lowest BCUT2D eigenvalue weighted by Gasteiger charge is -2.18. The fourth-order valence-electron chi connectivity index (χ4n) is 2.79. The van der Waals surface area contributed by atoms with Crippen LogP contribution < -0.4 is 15.4 Å². The lowest BCUT2D eigenvalue weighted by molar-refractivity contribution is -0.118. The normalized spacial score (nSPS) is 13.0. The van der Waals surface area contributed by atoms with Gasteiger partial charge in [-0.3, -0.25) is 9.59 Å². The number of carbonyl (C=O) groups is 2. The van der Waals surface area contributed by atoms with Crippen molar-refractivity contribution in [1.29, 1.82) is 0 Å². The van der Waals surface area contributed by atoms with Gasteiger partial charge in [-0.2, -0.15) is 0 Å². The van der Waals surface area contributed by atoms with Gasteiger partial charge >= 0.3 is 0 Å². The number of fused-ring (bicyclic) bond motifs is 2. The van der Waals surface area contributed by atoms with Crippen LogP contribution in [0.4, 0.5) is 5.69 Å². The smallest absolute Gasteiger partial charge is 0.262 e. The van der Waals surface area contributed by atoms with Crippen LogP contribution in [-0.4, -0.2) is 29.9 Å². The second kappa shape index (κ2) is 7.13. The monoisotopic (exact) mass is 367 g/mol. The number of nitrogens with zero attached hydrogens (tertiary/aromatic N) is 1. The average molecular weight is 367 g/mol. The highest BCUT2D eigenvalue weighted by atomic mass is 32.1. The summed E-state index contributed by atoms with van der Waals surface area (Å²) in [4.78, 5) is 28.2. The van der Waals surface area contributed by atoms with Gasteiger partial charge in [-0.15, -0.1) is 11.3 Å². The Labute approximate surface area is 154 Å². The molecule has 2 N–H and O–H groups in total. The molecule has 132 valence electrons. The molecule has 3 aromatic rings. The quantitative estimate of drug-likeness (QED) is 0.680. The van der Waals surface area contributed by atoms with Crippen LogP contribution in [0.2, 0.25) is 0 Å². The first-order chi connectivity index (χ1) is 12.7. The van der Waals surface area contributed by atoms with Crippen LogP contribution in [0.15, 0.2) is 42.5 Å². The fourth-order valence-corrected chi connectivity index (χ4v) is 3.80. The number of amides is 2. The molecule has 4 rings (SSSR count). The summed E-state index contributed by atoms with van der Waals surface area (Å²) in [6.45, 7) is 0.545. The Kier molecular flexibility index (Phi) is 4.53. The summed E-state index contributed by atoms with van der Waals surface area (Å²) >= 11 is 1.69. The van der Waals surface area contributed by atoms with Gasteiger partial charge in [0.15, 0.2) is 6.61 Å². The Morgan fingerprint density at radius 1 is 1.27 bits per heavy atom. The van der Waals surface area contributed by atoms with Crippen molar-refractivity contribution in [3.8, 4) is 5.75 Å². The van der Waals surface area contributed by atoms with E-state index in [0.29, 0.717) is 23.5 Å². The Morgan fingerprint density at radius 3 is 3.04 bits per heavy atom. The topological polar surface area (TPSA) is 80.3 Å². The molecule has 6 nitrogen and oxygen atoms in total. The predicted molar refractivity (Wildman–Crippen MR) is 101 cm³/mol. The maximum atomic E-state index is 12.3. The highest BCUT2D eigenvalue weighted by Crippen LogP contribution is 2.28. The van der Waals surface area contributed by atoms with Gasteiger partial charge in [0.1, 0.15) is 5.75 Å². The molecule has 0 spiro atoms. The highest BCUT2D eigenvalue weighted by molar-refractivity contribution is 7.18. The van der Waals surface area contributed by atoms with Gasteiger partial charge in [-0.05, 0) is 36.8 Å². The first-order valence-corrected chi connectivity index (χ1v) is 9.20. The summed E-state index contributed by atoms with van der Waals surface area (Å²) in [6, 6.07) is 13.1. The van der Waals surface area contributed by atoms with Crippen molar-refractivity contribution in [3.63, 3.8) is 0 Å². The first-order valence-electron chi connectivity index (χ1n) is 8.38. The largest absolute Gasteiger partial charge is 0.482 e. The van der Waals surface area contributed by atoms with E-state index < -0.39 is 0 Å². The highest BCUT2D eigenvalue weighted by Gasteiger charge is 2.17. The van der Waals surface area contributed by atoms with E-state index in [1.54, 1.807) is 29.5 Å². The van der Waals surface area contributed by atoms with Crippen molar-refractivity contribution >= 4 is 39.1 Å². The molecular weight excluding hydrogens is 350 g/mol. The number of rotatable bonds is 5. The summed E-state index contributed by atoms with van der Waals surface area (Å²) in [5.74, 6) is 0.175. The molecule has 2 heterocycles. The molecule has 1 aliphatic rings. The maximum Gasteiger partial charge on any atom is 0.262 e. The number of nitrogens with one attached hydrogen (secondary N) is 2. The van der Waals surface area contributed by atoms with E-state index in [9.17, 15) is 9.59 Å². The summed E-state index contributed by atoms with van der Waals surface area (Å²) in [7, 11) is 0. The van der Waals surface area contributed by atoms with E-state index in [4.69, 9.17) is 4.74 Å². The van der Waals surface area contributed by atoms with Crippen molar-refractivity contribution < 1.29 is 14.3 Å². The van der Waals surface area contributed by atoms with E-state index in [1.165, 1.54) is 4.70 Å². The lowest BCUT2D eigenvalue weighted by atomic mass is 10.1. The van der Waals surface area contributed by atoms with Crippen molar-refractivity contribution in [1.82, 2.24) is 10.3 Å². The number of carbonyl (C=O) groups excluding carboxylic acids is 2. The summed E-state index contributed by atoms with van der Waals surface area (Å²) in [5, 5.41) is 6.70. The molecule has 0 radical (unpaired) electrons. The molecule has 0 saturated carbocycles. The Hall–Kier alpha value is -2.93. The van der Waals surface area contributed by atoms with Gasteiger partial charge in [0, 0.05) is 18.5 Å². The van der Waals surface area contributed by atoms with Crippen LogP contribution >= 0.6 is 11.3 Å². The van der Waals surface area contributed by atoms with Crippen molar-refractivity contribution in [3.05, 3.63) is 53.0 Å². The molecular formula is C19H17N3O3S. The molecule has 26 heavy (non-hydrogen) atoms. The zero-order valence-corrected chi connectivity index (χ0v) is 14.8. The molecule has 1 aliphatic heterocycles. The third-order valence-corrected chi connectivity index (χ3v) is 5.16. The first kappa shape index (κ1) is 16.5. The number of aromatic nitrogens is 1. The molecule has 0 atom stereocenters. The maximum absolute atomic E-state index is 12.3. The minimum absolute atomic E-state index is 0.0275. The third-order valence-electron chi connectivity index (χ3n) is 4.07. The summed E-state index contributed by atoms with van der Waals surface area (Å²) in [5.41, 5.74) is 2.13. The van der Waals surface area contributed by atoms with E-state index in [0.717, 1.165) is 23.4 Å². The molecule has 0 unspecified atom stereocenters. The van der Waals surface area contributed by atoms with Gasteiger partial charge in [0.2, 0.25) is 0 Å². The number of aryl methyl sites for hydroxylation is 1. The van der Waals surface area contributed by atoms with E-state index in [2.05, 4.69) is 21.7 Å². The number of para-hydroxylation sites is 1. The predicted octanol–water partition coefficient (Wildman–Crippen LogP) is 2.99. The zero-order chi connectivity index (χ0) is 17.9. The van der Waals surface area contributed by atoms with Crippen molar-refractivity contribution in [2.45, 2.75) is 12.8 Å². The average Bonchev–Trinajstić information content (AvgIpc) is 3.07. The molecule has 0 aliphatic carbocycles. The molecule has 0 bridgehead atoms. The SMILES string of the molecule is O=C1COc2cc(C(=O)NCCCc3nc4ccccc4s3)ccc2N1. The molecule has 0 saturated heterocycles.